The Bertz CT molecular complexity index is 414. The average Bonchev–Trinajstić information content (AvgIpc) is 3.11. The van der Waals surface area contributed by atoms with Crippen LogP contribution in [0, 0.1) is 5.92 Å². The molecule has 110 valence electrons. The fourth-order valence-electron chi connectivity index (χ4n) is 3.66. The molecule has 20 heavy (non-hydrogen) atoms. The van der Waals surface area contributed by atoms with Crippen molar-refractivity contribution in [3.63, 3.8) is 0 Å². The van der Waals surface area contributed by atoms with Crippen LogP contribution in [0.3, 0.4) is 0 Å². The topological polar surface area (TPSA) is 41.5 Å². The quantitative estimate of drug-likeness (QED) is 0.865. The molecule has 1 aliphatic heterocycles. The molecule has 0 bridgehead atoms. The largest absolute Gasteiger partial charge is 0.394 e. The van der Waals surface area contributed by atoms with Gasteiger partial charge in [-0.2, -0.15) is 0 Å². The molecule has 2 N–H and O–H groups in total. The number of benzene rings is 1. The van der Waals surface area contributed by atoms with Crippen LogP contribution in [0.2, 0.25) is 0 Å². The van der Waals surface area contributed by atoms with Crippen molar-refractivity contribution < 1.29 is 9.84 Å². The van der Waals surface area contributed by atoms with Gasteiger partial charge < -0.3 is 15.2 Å². The molecule has 3 nitrogen and oxygen atoms in total. The molecule has 0 aromatic heterocycles. The molecule has 1 aromatic rings. The number of hydrogen-bond acceptors (Lipinski definition) is 3. The molecule has 1 saturated carbocycles. The van der Waals surface area contributed by atoms with Crippen molar-refractivity contribution in [2.24, 2.45) is 5.92 Å². The van der Waals surface area contributed by atoms with E-state index in [9.17, 15) is 5.11 Å². The second-order valence-corrected chi connectivity index (χ2v) is 6.45. The Hall–Kier alpha value is -0.900. The SMILES string of the molecule is OCC1(NC2CCC(Cc3ccccc3)C2)CCOC1. The molecule has 0 spiro atoms. The van der Waals surface area contributed by atoms with E-state index in [2.05, 4.69) is 35.6 Å². The Balaban J connectivity index is 1.52. The molecule has 3 rings (SSSR count). The molecule has 3 atom stereocenters. The Morgan fingerprint density at radius 1 is 1.25 bits per heavy atom. The summed E-state index contributed by atoms with van der Waals surface area (Å²) < 4.78 is 5.46. The number of rotatable bonds is 5. The highest BCUT2D eigenvalue weighted by atomic mass is 16.5. The Morgan fingerprint density at radius 3 is 2.80 bits per heavy atom. The van der Waals surface area contributed by atoms with E-state index in [1.54, 1.807) is 0 Å². The monoisotopic (exact) mass is 275 g/mol. The summed E-state index contributed by atoms with van der Waals surface area (Å²) in [5, 5.41) is 13.3. The standard InChI is InChI=1S/C17H25NO2/c19-12-17(8-9-20-13-17)18-16-7-6-15(11-16)10-14-4-2-1-3-5-14/h1-5,15-16,18-19H,6-13H2. The van der Waals surface area contributed by atoms with Gasteiger partial charge in [0.05, 0.1) is 18.8 Å². The molecular formula is C17H25NO2. The molecule has 0 amide bonds. The van der Waals surface area contributed by atoms with Gasteiger partial charge in [-0.05, 0) is 43.6 Å². The summed E-state index contributed by atoms with van der Waals surface area (Å²) in [5.74, 6) is 0.771. The fraction of sp³-hybridized carbons (Fsp3) is 0.647. The molecule has 2 aliphatic rings. The van der Waals surface area contributed by atoms with Crippen LogP contribution >= 0.6 is 0 Å². The maximum absolute atomic E-state index is 9.64. The molecular weight excluding hydrogens is 250 g/mol. The van der Waals surface area contributed by atoms with Gasteiger partial charge in [-0.1, -0.05) is 30.3 Å². The summed E-state index contributed by atoms with van der Waals surface area (Å²) in [6.45, 7) is 1.62. The van der Waals surface area contributed by atoms with Gasteiger partial charge in [0.25, 0.3) is 0 Å². The van der Waals surface area contributed by atoms with Gasteiger partial charge in [-0.25, -0.2) is 0 Å². The van der Waals surface area contributed by atoms with Crippen molar-refractivity contribution in [1.82, 2.24) is 5.32 Å². The minimum atomic E-state index is -0.174. The maximum Gasteiger partial charge on any atom is 0.0675 e. The summed E-state index contributed by atoms with van der Waals surface area (Å²) in [4.78, 5) is 0. The van der Waals surface area contributed by atoms with Crippen LogP contribution in [0.1, 0.15) is 31.2 Å². The van der Waals surface area contributed by atoms with E-state index >= 15 is 0 Å². The molecule has 3 heteroatoms. The van der Waals surface area contributed by atoms with Crippen LogP contribution in [0.4, 0.5) is 0 Å². The average molecular weight is 275 g/mol. The minimum Gasteiger partial charge on any atom is -0.394 e. The highest BCUT2D eigenvalue weighted by Gasteiger charge is 2.38. The lowest BCUT2D eigenvalue weighted by Gasteiger charge is -2.30. The van der Waals surface area contributed by atoms with Gasteiger partial charge >= 0.3 is 0 Å². The first kappa shape index (κ1) is 14.1. The second-order valence-electron chi connectivity index (χ2n) is 6.45. The molecule has 1 aromatic carbocycles. The normalized spacial score (nSPS) is 33.6. The van der Waals surface area contributed by atoms with E-state index in [4.69, 9.17) is 4.74 Å². The van der Waals surface area contributed by atoms with Crippen molar-refractivity contribution in [3.8, 4) is 0 Å². The Labute approximate surface area is 121 Å². The predicted molar refractivity (Wildman–Crippen MR) is 79.7 cm³/mol. The number of hydrogen-bond donors (Lipinski definition) is 2. The van der Waals surface area contributed by atoms with E-state index in [-0.39, 0.29) is 12.1 Å². The van der Waals surface area contributed by atoms with Crippen molar-refractivity contribution in [2.45, 2.75) is 43.7 Å². The minimum absolute atomic E-state index is 0.174. The predicted octanol–water partition coefficient (Wildman–Crippen LogP) is 2.14. The first-order chi connectivity index (χ1) is 9.80. The molecule has 1 aliphatic carbocycles. The summed E-state index contributed by atoms with van der Waals surface area (Å²) in [7, 11) is 0. The first-order valence-corrected chi connectivity index (χ1v) is 7.80. The van der Waals surface area contributed by atoms with Crippen LogP contribution in [-0.2, 0) is 11.2 Å². The Morgan fingerprint density at radius 2 is 2.10 bits per heavy atom. The third-order valence-electron chi connectivity index (χ3n) is 4.82. The van der Waals surface area contributed by atoms with Gasteiger partial charge in [0, 0.05) is 12.6 Å². The van der Waals surface area contributed by atoms with Crippen LogP contribution in [0.5, 0.6) is 0 Å². The highest BCUT2D eigenvalue weighted by molar-refractivity contribution is 5.15. The van der Waals surface area contributed by atoms with Gasteiger partial charge in [0.2, 0.25) is 0 Å². The molecule has 3 unspecified atom stereocenters. The summed E-state index contributed by atoms with van der Waals surface area (Å²) in [6, 6.07) is 11.3. The third kappa shape index (κ3) is 3.22. The second kappa shape index (κ2) is 6.25. The van der Waals surface area contributed by atoms with Crippen LogP contribution in [0.25, 0.3) is 0 Å². The van der Waals surface area contributed by atoms with E-state index < -0.39 is 0 Å². The van der Waals surface area contributed by atoms with Crippen molar-refractivity contribution in [3.05, 3.63) is 35.9 Å². The zero-order chi connectivity index (χ0) is 13.8. The third-order valence-corrected chi connectivity index (χ3v) is 4.82. The van der Waals surface area contributed by atoms with Crippen LogP contribution in [0.15, 0.2) is 30.3 Å². The van der Waals surface area contributed by atoms with Crippen molar-refractivity contribution >= 4 is 0 Å². The van der Waals surface area contributed by atoms with Gasteiger partial charge in [0.1, 0.15) is 0 Å². The van der Waals surface area contributed by atoms with E-state index in [0.29, 0.717) is 12.6 Å². The highest BCUT2D eigenvalue weighted by Crippen LogP contribution is 2.31. The van der Waals surface area contributed by atoms with Gasteiger partial charge in [-0.15, -0.1) is 0 Å². The number of ether oxygens (including phenoxy) is 1. The molecule has 0 radical (unpaired) electrons. The van der Waals surface area contributed by atoms with Crippen molar-refractivity contribution in [1.29, 1.82) is 0 Å². The number of nitrogens with one attached hydrogen (secondary N) is 1. The smallest absolute Gasteiger partial charge is 0.0675 e. The summed E-state index contributed by atoms with van der Waals surface area (Å²) in [6.07, 6.45) is 5.84. The maximum atomic E-state index is 9.64. The number of aliphatic hydroxyl groups is 1. The number of aliphatic hydroxyl groups excluding tert-OH is 1. The zero-order valence-corrected chi connectivity index (χ0v) is 12.1. The first-order valence-electron chi connectivity index (χ1n) is 7.80. The lowest BCUT2D eigenvalue weighted by Crippen LogP contribution is -2.53. The van der Waals surface area contributed by atoms with E-state index in [1.807, 2.05) is 0 Å². The van der Waals surface area contributed by atoms with Crippen molar-refractivity contribution in [2.75, 3.05) is 19.8 Å². The fourth-order valence-corrected chi connectivity index (χ4v) is 3.66. The van der Waals surface area contributed by atoms with E-state index in [1.165, 1.54) is 31.2 Å². The summed E-state index contributed by atoms with van der Waals surface area (Å²) >= 11 is 0. The molecule has 2 fully saturated rings. The van der Waals surface area contributed by atoms with Gasteiger partial charge in [-0.3, -0.25) is 0 Å². The molecule has 1 heterocycles. The van der Waals surface area contributed by atoms with Gasteiger partial charge in [0.15, 0.2) is 0 Å². The summed E-state index contributed by atoms with van der Waals surface area (Å²) in [5.41, 5.74) is 1.27. The molecule has 1 saturated heterocycles. The van der Waals surface area contributed by atoms with Crippen LogP contribution < -0.4 is 5.32 Å². The lowest BCUT2D eigenvalue weighted by molar-refractivity contribution is 0.112. The zero-order valence-electron chi connectivity index (χ0n) is 12.1. The Kier molecular flexibility index (Phi) is 4.39. The lowest BCUT2D eigenvalue weighted by atomic mass is 9.96. The van der Waals surface area contributed by atoms with Crippen LogP contribution in [-0.4, -0.2) is 36.5 Å². The van der Waals surface area contributed by atoms with E-state index in [0.717, 1.165) is 18.9 Å².